The van der Waals surface area contributed by atoms with Crippen LogP contribution in [0.4, 0.5) is 17.2 Å². The lowest BCUT2D eigenvalue weighted by atomic mass is 10.3. The van der Waals surface area contributed by atoms with Gasteiger partial charge in [-0.25, -0.2) is 4.98 Å². The fraction of sp³-hybridized carbons (Fsp3) is 0. The molecule has 1 heterocycles. The molecule has 0 amide bonds. The Morgan fingerprint density at radius 1 is 1.19 bits per heavy atom. The summed E-state index contributed by atoms with van der Waals surface area (Å²) in [7, 11) is 0. The molecule has 0 aliphatic heterocycles. The summed E-state index contributed by atoms with van der Waals surface area (Å²) in [6.45, 7) is 0. The minimum Gasteiger partial charge on any atom is -0.432 e. The van der Waals surface area contributed by atoms with Gasteiger partial charge in [-0.15, -0.1) is 0 Å². The molecular weight excluding hydrogens is 350 g/mol. The molecule has 0 atom stereocenters. The maximum absolute atomic E-state index is 10.9. The molecular formula is C10H6BrN5O5. The van der Waals surface area contributed by atoms with Crippen molar-refractivity contribution >= 4 is 33.1 Å². The SMILES string of the molecule is Nc1ncnc(Oc2cc([N+](=O)[O-])ccc2Br)c1[N+](=O)[O-]. The minimum atomic E-state index is -0.796. The van der Waals surface area contributed by atoms with E-state index in [4.69, 9.17) is 10.5 Å². The Hall–Kier alpha value is -2.82. The fourth-order valence-electron chi connectivity index (χ4n) is 1.41. The zero-order valence-corrected chi connectivity index (χ0v) is 11.7. The molecule has 0 saturated heterocycles. The topological polar surface area (TPSA) is 147 Å². The van der Waals surface area contributed by atoms with Crippen molar-refractivity contribution in [3.05, 3.63) is 49.2 Å². The van der Waals surface area contributed by atoms with Crippen molar-refractivity contribution in [3.63, 3.8) is 0 Å². The van der Waals surface area contributed by atoms with E-state index in [2.05, 4.69) is 25.9 Å². The van der Waals surface area contributed by atoms with E-state index >= 15 is 0 Å². The zero-order chi connectivity index (χ0) is 15.6. The van der Waals surface area contributed by atoms with Gasteiger partial charge in [0.15, 0.2) is 5.75 Å². The highest BCUT2D eigenvalue weighted by Crippen LogP contribution is 2.37. The third-order valence-corrected chi connectivity index (χ3v) is 2.99. The number of anilines is 1. The van der Waals surface area contributed by atoms with E-state index in [1.54, 1.807) is 0 Å². The summed E-state index contributed by atoms with van der Waals surface area (Å²) in [6.07, 6.45) is 0.989. The lowest BCUT2D eigenvalue weighted by molar-refractivity contribution is -0.385. The number of nitrogens with zero attached hydrogens (tertiary/aromatic N) is 4. The number of rotatable bonds is 4. The van der Waals surface area contributed by atoms with Crippen LogP contribution >= 0.6 is 15.9 Å². The van der Waals surface area contributed by atoms with E-state index in [0.29, 0.717) is 4.47 Å². The average molecular weight is 356 g/mol. The van der Waals surface area contributed by atoms with Gasteiger partial charge >= 0.3 is 11.6 Å². The molecule has 0 aliphatic rings. The van der Waals surface area contributed by atoms with Gasteiger partial charge in [-0.05, 0) is 22.0 Å². The smallest absolute Gasteiger partial charge is 0.372 e. The number of hydrogen-bond donors (Lipinski definition) is 1. The predicted octanol–water partition coefficient (Wildman–Crippen LogP) is 2.43. The van der Waals surface area contributed by atoms with Crippen molar-refractivity contribution in [3.8, 4) is 11.6 Å². The third kappa shape index (κ3) is 3.02. The van der Waals surface area contributed by atoms with Crippen LogP contribution in [0.5, 0.6) is 11.6 Å². The summed E-state index contributed by atoms with van der Waals surface area (Å²) >= 11 is 3.13. The summed E-state index contributed by atoms with van der Waals surface area (Å²) in [5, 5.41) is 21.7. The van der Waals surface area contributed by atoms with Gasteiger partial charge in [-0.3, -0.25) is 20.2 Å². The van der Waals surface area contributed by atoms with E-state index in [-0.39, 0.29) is 17.3 Å². The first kappa shape index (κ1) is 14.6. The Bertz CT molecular complexity index is 738. The number of hydrogen-bond acceptors (Lipinski definition) is 8. The molecule has 0 saturated carbocycles. The first-order valence-corrected chi connectivity index (χ1v) is 6.06. The molecule has 108 valence electrons. The van der Waals surface area contributed by atoms with Crippen LogP contribution < -0.4 is 10.5 Å². The Kier molecular flexibility index (Phi) is 3.93. The molecule has 1 aromatic carbocycles. The van der Waals surface area contributed by atoms with Gasteiger partial charge < -0.3 is 10.5 Å². The van der Waals surface area contributed by atoms with Crippen molar-refractivity contribution in [2.75, 3.05) is 5.73 Å². The molecule has 2 N–H and O–H groups in total. The monoisotopic (exact) mass is 355 g/mol. The van der Waals surface area contributed by atoms with Gasteiger partial charge in [-0.1, -0.05) is 0 Å². The van der Waals surface area contributed by atoms with Crippen molar-refractivity contribution in [1.29, 1.82) is 0 Å². The first-order valence-electron chi connectivity index (χ1n) is 5.27. The molecule has 0 fully saturated rings. The highest BCUT2D eigenvalue weighted by atomic mass is 79.9. The Balaban J connectivity index is 2.48. The van der Waals surface area contributed by atoms with Crippen LogP contribution in [0.25, 0.3) is 0 Å². The third-order valence-electron chi connectivity index (χ3n) is 2.33. The molecule has 0 aliphatic carbocycles. The number of nitro groups is 2. The number of nitro benzene ring substituents is 1. The quantitative estimate of drug-likeness (QED) is 0.649. The first-order chi connectivity index (χ1) is 9.90. The van der Waals surface area contributed by atoms with Crippen LogP contribution in [-0.2, 0) is 0 Å². The molecule has 2 aromatic rings. The summed E-state index contributed by atoms with van der Waals surface area (Å²) < 4.78 is 5.61. The van der Waals surface area contributed by atoms with E-state index in [0.717, 1.165) is 12.4 Å². The van der Waals surface area contributed by atoms with Crippen LogP contribution in [0.15, 0.2) is 29.0 Å². The number of non-ortho nitro benzene ring substituents is 1. The predicted molar refractivity (Wildman–Crippen MR) is 74.0 cm³/mol. The van der Waals surface area contributed by atoms with Crippen LogP contribution in [0, 0.1) is 20.2 Å². The largest absolute Gasteiger partial charge is 0.432 e. The number of ether oxygens (including phenoxy) is 1. The van der Waals surface area contributed by atoms with Crippen molar-refractivity contribution in [1.82, 2.24) is 9.97 Å². The van der Waals surface area contributed by atoms with Crippen LogP contribution in [-0.4, -0.2) is 19.8 Å². The molecule has 0 unspecified atom stereocenters. The van der Waals surface area contributed by atoms with Gasteiger partial charge in [0.25, 0.3) is 5.69 Å². The maximum atomic E-state index is 10.9. The van der Waals surface area contributed by atoms with Gasteiger partial charge in [0.1, 0.15) is 6.33 Å². The van der Waals surface area contributed by atoms with Gasteiger partial charge in [-0.2, -0.15) is 4.98 Å². The number of aromatic nitrogens is 2. The summed E-state index contributed by atoms with van der Waals surface area (Å²) in [5.41, 5.74) is 4.55. The van der Waals surface area contributed by atoms with Crippen molar-refractivity contribution in [2.24, 2.45) is 0 Å². The number of nitrogens with two attached hydrogens (primary N) is 1. The highest BCUT2D eigenvalue weighted by Gasteiger charge is 2.24. The van der Waals surface area contributed by atoms with E-state index in [1.165, 1.54) is 12.1 Å². The van der Waals surface area contributed by atoms with E-state index in [1.807, 2.05) is 0 Å². The molecule has 21 heavy (non-hydrogen) atoms. The molecule has 2 rings (SSSR count). The summed E-state index contributed by atoms with van der Waals surface area (Å²) in [5.74, 6) is -0.786. The highest BCUT2D eigenvalue weighted by molar-refractivity contribution is 9.10. The second kappa shape index (κ2) is 5.66. The van der Waals surface area contributed by atoms with E-state index < -0.39 is 21.4 Å². The standard InChI is InChI=1S/C10H6BrN5O5/c11-6-2-1-5(15(17)18)3-7(6)21-10-8(16(19)20)9(12)13-4-14-10/h1-4H,(H2,12,13,14). The second-order valence-electron chi connectivity index (χ2n) is 3.64. The summed E-state index contributed by atoms with van der Waals surface area (Å²) in [6, 6.07) is 3.73. The number of benzene rings is 1. The zero-order valence-electron chi connectivity index (χ0n) is 10.1. The van der Waals surface area contributed by atoms with Crippen LogP contribution in [0.2, 0.25) is 0 Å². The second-order valence-corrected chi connectivity index (χ2v) is 4.50. The van der Waals surface area contributed by atoms with Gasteiger partial charge in [0, 0.05) is 6.07 Å². The molecule has 0 spiro atoms. The van der Waals surface area contributed by atoms with Gasteiger partial charge in [0.2, 0.25) is 5.82 Å². The maximum Gasteiger partial charge on any atom is 0.372 e. The van der Waals surface area contributed by atoms with Crippen molar-refractivity contribution in [2.45, 2.75) is 0 Å². The van der Waals surface area contributed by atoms with Crippen LogP contribution in [0.1, 0.15) is 0 Å². The molecule has 11 heteroatoms. The normalized spacial score (nSPS) is 10.1. The average Bonchev–Trinajstić information content (AvgIpc) is 2.40. The number of nitrogen functional groups attached to an aromatic ring is 1. The molecule has 1 aromatic heterocycles. The molecule has 10 nitrogen and oxygen atoms in total. The Morgan fingerprint density at radius 2 is 1.90 bits per heavy atom. The van der Waals surface area contributed by atoms with E-state index in [9.17, 15) is 20.2 Å². The van der Waals surface area contributed by atoms with Crippen molar-refractivity contribution < 1.29 is 14.6 Å². The Labute approximate surface area is 125 Å². The summed E-state index contributed by atoms with van der Waals surface area (Å²) in [4.78, 5) is 27.4. The van der Waals surface area contributed by atoms with Gasteiger partial charge in [0.05, 0.1) is 20.4 Å². The molecule has 0 radical (unpaired) electrons. The Morgan fingerprint density at radius 3 is 2.52 bits per heavy atom. The van der Waals surface area contributed by atoms with Crippen LogP contribution in [0.3, 0.4) is 0 Å². The molecule has 0 bridgehead atoms. The number of halogens is 1. The lowest BCUT2D eigenvalue weighted by Gasteiger charge is -2.07. The lowest BCUT2D eigenvalue weighted by Crippen LogP contribution is -2.03. The minimum absolute atomic E-state index is 0.00889. The fourth-order valence-corrected chi connectivity index (χ4v) is 1.74.